The van der Waals surface area contributed by atoms with Gasteiger partial charge in [0.2, 0.25) is 0 Å². The molecule has 2 heterocycles. The van der Waals surface area contributed by atoms with Crippen molar-refractivity contribution in [3.8, 4) is 11.5 Å². The number of allylic oxidation sites excluding steroid dienone is 1. The zero-order chi connectivity index (χ0) is 14.7. The summed E-state index contributed by atoms with van der Waals surface area (Å²) < 4.78 is 12.1. The number of ether oxygens (including phenoxy) is 2. The summed E-state index contributed by atoms with van der Waals surface area (Å²) in [6.07, 6.45) is 10.4. The Labute approximate surface area is 131 Å². The Morgan fingerprint density at radius 2 is 2.23 bits per heavy atom. The summed E-state index contributed by atoms with van der Waals surface area (Å²) in [5, 5.41) is 3.58. The standard InChI is InChI=1S/C19H23NO2/c1-21-15-5-4-14-11-20-9-8-19-7-6-13(12-2-3-12)10-16(19)22-18(15)17(14)19/h4-7,12-13,16,20H,2-3,8-11H2,1H3. The molecule has 1 N–H and O–H groups in total. The highest BCUT2D eigenvalue weighted by Gasteiger charge is 2.53. The van der Waals surface area contributed by atoms with E-state index in [4.69, 9.17) is 9.47 Å². The summed E-state index contributed by atoms with van der Waals surface area (Å²) in [6, 6.07) is 4.28. The predicted octanol–water partition coefficient (Wildman–Crippen LogP) is 3.17. The highest BCUT2D eigenvalue weighted by Crippen LogP contribution is 2.57. The van der Waals surface area contributed by atoms with Crippen molar-refractivity contribution in [2.24, 2.45) is 11.8 Å². The topological polar surface area (TPSA) is 30.5 Å². The SMILES string of the molecule is COc1ccc2c3c1OC1CC(C4CC4)C=CC31CCNC2. The van der Waals surface area contributed by atoms with E-state index in [0.29, 0.717) is 0 Å². The molecule has 0 bridgehead atoms. The summed E-state index contributed by atoms with van der Waals surface area (Å²) in [7, 11) is 1.74. The van der Waals surface area contributed by atoms with Crippen LogP contribution in [0, 0.1) is 11.8 Å². The summed E-state index contributed by atoms with van der Waals surface area (Å²) in [5.41, 5.74) is 2.84. The van der Waals surface area contributed by atoms with Crippen LogP contribution in [0.15, 0.2) is 24.3 Å². The van der Waals surface area contributed by atoms with Crippen molar-refractivity contribution in [1.82, 2.24) is 5.32 Å². The minimum Gasteiger partial charge on any atom is -0.493 e. The fraction of sp³-hybridized carbons (Fsp3) is 0.579. The van der Waals surface area contributed by atoms with Crippen molar-refractivity contribution >= 4 is 0 Å². The Kier molecular flexibility index (Phi) is 2.67. The van der Waals surface area contributed by atoms with Crippen LogP contribution in [0.25, 0.3) is 0 Å². The van der Waals surface area contributed by atoms with Crippen molar-refractivity contribution in [3.63, 3.8) is 0 Å². The van der Waals surface area contributed by atoms with Gasteiger partial charge in [0.05, 0.1) is 12.5 Å². The van der Waals surface area contributed by atoms with Crippen molar-refractivity contribution in [2.45, 2.75) is 43.7 Å². The van der Waals surface area contributed by atoms with Crippen LogP contribution in [0.1, 0.15) is 36.8 Å². The first-order valence-electron chi connectivity index (χ1n) is 8.59. The van der Waals surface area contributed by atoms with Crippen LogP contribution >= 0.6 is 0 Å². The van der Waals surface area contributed by atoms with Gasteiger partial charge in [-0.1, -0.05) is 18.2 Å². The second-order valence-electron chi connectivity index (χ2n) is 7.30. The minimum absolute atomic E-state index is 0.0636. The number of rotatable bonds is 2. The number of methoxy groups -OCH3 is 1. The Hall–Kier alpha value is -1.48. The van der Waals surface area contributed by atoms with Crippen LogP contribution in [-0.4, -0.2) is 19.8 Å². The van der Waals surface area contributed by atoms with Crippen molar-refractivity contribution in [3.05, 3.63) is 35.4 Å². The molecule has 1 saturated carbocycles. The van der Waals surface area contributed by atoms with Gasteiger partial charge in [-0.3, -0.25) is 0 Å². The molecule has 1 aromatic rings. The Morgan fingerprint density at radius 1 is 1.32 bits per heavy atom. The maximum atomic E-state index is 6.51. The summed E-state index contributed by atoms with van der Waals surface area (Å²) in [4.78, 5) is 0. The lowest BCUT2D eigenvalue weighted by Gasteiger charge is -2.37. The first-order valence-corrected chi connectivity index (χ1v) is 8.59. The van der Waals surface area contributed by atoms with Gasteiger partial charge >= 0.3 is 0 Å². The van der Waals surface area contributed by atoms with Gasteiger partial charge in [-0.05, 0) is 55.7 Å². The Bertz CT molecular complexity index is 649. The third kappa shape index (κ3) is 1.66. The molecule has 3 heteroatoms. The van der Waals surface area contributed by atoms with Gasteiger partial charge in [-0.2, -0.15) is 0 Å². The molecule has 22 heavy (non-hydrogen) atoms. The van der Waals surface area contributed by atoms with Crippen molar-refractivity contribution in [1.29, 1.82) is 0 Å². The molecule has 2 aliphatic heterocycles. The molecule has 0 saturated heterocycles. The van der Waals surface area contributed by atoms with Crippen molar-refractivity contribution < 1.29 is 9.47 Å². The maximum Gasteiger partial charge on any atom is 0.166 e. The van der Waals surface area contributed by atoms with E-state index in [9.17, 15) is 0 Å². The largest absolute Gasteiger partial charge is 0.493 e. The van der Waals surface area contributed by atoms with E-state index in [0.717, 1.165) is 42.8 Å². The van der Waals surface area contributed by atoms with E-state index in [2.05, 4.69) is 29.6 Å². The van der Waals surface area contributed by atoms with Crippen LogP contribution in [0.5, 0.6) is 11.5 Å². The van der Waals surface area contributed by atoms with E-state index in [-0.39, 0.29) is 11.5 Å². The lowest BCUT2D eigenvalue weighted by molar-refractivity contribution is 0.125. The quantitative estimate of drug-likeness (QED) is 0.851. The van der Waals surface area contributed by atoms with E-state index in [1.54, 1.807) is 7.11 Å². The number of benzene rings is 1. The maximum absolute atomic E-state index is 6.51. The lowest BCUT2D eigenvalue weighted by Crippen LogP contribution is -2.41. The molecule has 5 rings (SSSR count). The van der Waals surface area contributed by atoms with Gasteiger partial charge in [-0.25, -0.2) is 0 Å². The molecule has 1 aromatic carbocycles. The first kappa shape index (κ1) is 13.0. The molecule has 4 aliphatic rings. The van der Waals surface area contributed by atoms with E-state index < -0.39 is 0 Å². The third-order valence-electron chi connectivity index (χ3n) is 6.11. The normalized spacial score (nSPS) is 35.3. The molecule has 3 unspecified atom stereocenters. The zero-order valence-corrected chi connectivity index (χ0v) is 13.1. The molecule has 0 radical (unpaired) electrons. The molecular formula is C19H23NO2. The summed E-state index contributed by atoms with van der Waals surface area (Å²) >= 11 is 0. The van der Waals surface area contributed by atoms with Crippen LogP contribution in [0.3, 0.4) is 0 Å². The van der Waals surface area contributed by atoms with Crippen LogP contribution in [-0.2, 0) is 12.0 Å². The summed E-state index contributed by atoms with van der Waals surface area (Å²) in [6.45, 7) is 1.98. The highest BCUT2D eigenvalue weighted by atomic mass is 16.5. The van der Waals surface area contributed by atoms with Gasteiger partial charge in [0, 0.05) is 12.1 Å². The minimum atomic E-state index is 0.0636. The predicted molar refractivity (Wildman–Crippen MR) is 85.4 cm³/mol. The van der Waals surface area contributed by atoms with Crippen LogP contribution in [0.2, 0.25) is 0 Å². The molecule has 0 aromatic heterocycles. The van der Waals surface area contributed by atoms with Crippen LogP contribution in [0.4, 0.5) is 0 Å². The molecular weight excluding hydrogens is 274 g/mol. The molecule has 3 nitrogen and oxygen atoms in total. The summed E-state index contributed by atoms with van der Waals surface area (Å²) in [5.74, 6) is 3.53. The molecule has 3 atom stereocenters. The monoisotopic (exact) mass is 297 g/mol. The van der Waals surface area contributed by atoms with Gasteiger partial charge in [0.25, 0.3) is 0 Å². The average molecular weight is 297 g/mol. The highest BCUT2D eigenvalue weighted by molar-refractivity contribution is 5.60. The van der Waals surface area contributed by atoms with E-state index in [1.165, 1.54) is 30.4 Å². The van der Waals surface area contributed by atoms with Gasteiger partial charge in [0.15, 0.2) is 11.5 Å². The fourth-order valence-electron chi connectivity index (χ4n) is 4.78. The average Bonchev–Trinajstić information content (AvgIpc) is 3.34. The van der Waals surface area contributed by atoms with Gasteiger partial charge in [0.1, 0.15) is 6.10 Å². The Balaban J connectivity index is 1.67. The van der Waals surface area contributed by atoms with Crippen LogP contribution < -0.4 is 14.8 Å². The van der Waals surface area contributed by atoms with Gasteiger partial charge < -0.3 is 14.8 Å². The van der Waals surface area contributed by atoms with Gasteiger partial charge in [-0.15, -0.1) is 0 Å². The number of hydrogen-bond donors (Lipinski definition) is 1. The Morgan fingerprint density at radius 3 is 3.05 bits per heavy atom. The second-order valence-corrected chi connectivity index (χ2v) is 7.30. The molecule has 2 aliphatic carbocycles. The molecule has 116 valence electrons. The van der Waals surface area contributed by atoms with E-state index >= 15 is 0 Å². The van der Waals surface area contributed by atoms with E-state index in [1.807, 2.05) is 0 Å². The lowest BCUT2D eigenvalue weighted by atomic mass is 9.67. The van der Waals surface area contributed by atoms with Crippen molar-refractivity contribution in [2.75, 3.05) is 13.7 Å². The zero-order valence-electron chi connectivity index (χ0n) is 13.1. The number of hydrogen-bond acceptors (Lipinski definition) is 3. The number of nitrogens with one attached hydrogen (secondary N) is 1. The third-order valence-corrected chi connectivity index (χ3v) is 6.11. The molecule has 1 spiro atoms. The molecule has 0 amide bonds. The first-order chi connectivity index (χ1) is 10.8. The fourth-order valence-corrected chi connectivity index (χ4v) is 4.78. The second kappa shape index (κ2) is 4.51. The molecule has 1 fully saturated rings. The smallest absolute Gasteiger partial charge is 0.166 e.